The van der Waals surface area contributed by atoms with E-state index in [-0.39, 0.29) is 6.03 Å². The van der Waals surface area contributed by atoms with Crippen LogP contribution in [-0.4, -0.2) is 12.1 Å². The monoisotopic (exact) mass is 210 g/mol. The van der Waals surface area contributed by atoms with E-state index < -0.39 is 0 Å². The molecular formula is C10H11ClN2O. The Morgan fingerprint density at radius 2 is 2.00 bits per heavy atom. The molecule has 14 heavy (non-hydrogen) atoms. The zero-order chi connectivity index (χ0) is 9.97. The van der Waals surface area contributed by atoms with Crippen LogP contribution in [0.3, 0.4) is 0 Å². The van der Waals surface area contributed by atoms with Crippen molar-refractivity contribution in [1.82, 2.24) is 5.32 Å². The Balaban J connectivity index is 1.99. The molecule has 2 rings (SSSR count). The number of amides is 2. The molecule has 0 aromatic heterocycles. The van der Waals surface area contributed by atoms with Gasteiger partial charge in [-0.1, -0.05) is 18.2 Å². The molecule has 0 atom stereocenters. The van der Waals surface area contributed by atoms with Gasteiger partial charge in [0.1, 0.15) is 0 Å². The minimum atomic E-state index is -0.250. The van der Waals surface area contributed by atoms with Gasteiger partial charge in [-0.25, -0.2) is 9.21 Å². The van der Waals surface area contributed by atoms with Gasteiger partial charge in [0.2, 0.25) is 0 Å². The summed E-state index contributed by atoms with van der Waals surface area (Å²) in [7, 11) is 0. The van der Waals surface area contributed by atoms with E-state index >= 15 is 0 Å². The van der Waals surface area contributed by atoms with E-state index in [1.807, 2.05) is 18.2 Å². The minimum absolute atomic E-state index is 0.250. The molecule has 0 bridgehead atoms. The van der Waals surface area contributed by atoms with Gasteiger partial charge in [0.25, 0.3) is 0 Å². The lowest BCUT2D eigenvalue weighted by atomic mass is 10.3. The Morgan fingerprint density at radius 3 is 2.57 bits per heavy atom. The van der Waals surface area contributed by atoms with Crippen LogP contribution < -0.4 is 9.74 Å². The lowest BCUT2D eigenvalue weighted by Crippen LogP contribution is -2.35. The molecule has 2 amide bonds. The van der Waals surface area contributed by atoms with Crippen LogP contribution in [0.4, 0.5) is 10.5 Å². The topological polar surface area (TPSA) is 32.3 Å². The average molecular weight is 211 g/mol. The van der Waals surface area contributed by atoms with Crippen LogP contribution in [0.1, 0.15) is 12.8 Å². The minimum Gasteiger partial charge on any atom is -0.334 e. The van der Waals surface area contributed by atoms with Crippen LogP contribution in [0.15, 0.2) is 30.3 Å². The number of carbonyl (C=O) groups is 1. The van der Waals surface area contributed by atoms with E-state index in [1.165, 1.54) is 0 Å². The fraction of sp³-hybridized carbons (Fsp3) is 0.300. The molecule has 0 unspecified atom stereocenters. The highest BCUT2D eigenvalue weighted by molar-refractivity contribution is 6.36. The van der Waals surface area contributed by atoms with Crippen molar-refractivity contribution in [2.45, 2.75) is 18.9 Å². The number of halogens is 1. The number of hydrogen-bond donors (Lipinski definition) is 1. The van der Waals surface area contributed by atoms with Crippen molar-refractivity contribution in [1.29, 1.82) is 0 Å². The first kappa shape index (κ1) is 9.34. The van der Waals surface area contributed by atoms with Crippen molar-refractivity contribution in [3.63, 3.8) is 0 Å². The highest BCUT2D eigenvalue weighted by Gasteiger charge is 2.25. The first-order valence-corrected chi connectivity index (χ1v) is 4.92. The van der Waals surface area contributed by atoms with E-state index in [4.69, 9.17) is 11.8 Å². The van der Waals surface area contributed by atoms with Gasteiger partial charge in [0.15, 0.2) is 0 Å². The third-order valence-corrected chi connectivity index (χ3v) is 2.41. The first-order valence-electron chi connectivity index (χ1n) is 4.59. The van der Waals surface area contributed by atoms with Gasteiger partial charge in [0.05, 0.1) is 5.69 Å². The third-order valence-electron chi connectivity index (χ3n) is 2.07. The number of urea groups is 1. The summed E-state index contributed by atoms with van der Waals surface area (Å²) >= 11 is 5.85. The van der Waals surface area contributed by atoms with Crippen LogP contribution in [0.5, 0.6) is 0 Å². The highest BCUT2D eigenvalue weighted by atomic mass is 35.5. The van der Waals surface area contributed by atoms with Crippen LogP contribution >= 0.6 is 11.8 Å². The van der Waals surface area contributed by atoms with E-state index in [0.29, 0.717) is 11.7 Å². The second kappa shape index (κ2) is 3.88. The summed E-state index contributed by atoms with van der Waals surface area (Å²) in [4.78, 5) is 11.5. The Kier molecular flexibility index (Phi) is 2.59. The summed E-state index contributed by atoms with van der Waals surface area (Å²) in [5.74, 6) is 0. The normalized spacial score (nSPS) is 14.9. The standard InChI is InChI=1S/C10H11ClN2O/c11-13(9-4-2-1-3-5-9)10(14)12-8-6-7-8/h1-5,8H,6-7H2,(H,12,14). The predicted octanol–water partition coefficient (Wildman–Crippen LogP) is 2.52. The van der Waals surface area contributed by atoms with E-state index in [1.54, 1.807) is 12.1 Å². The second-order valence-corrected chi connectivity index (χ2v) is 3.68. The van der Waals surface area contributed by atoms with Crippen molar-refractivity contribution < 1.29 is 4.79 Å². The lowest BCUT2D eigenvalue weighted by Gasteiger charge is -2.14. The van der Waals surface area contributed by atoms with Gasteiger partial charge < -0.3 is 5.32 Å². The van der Waals surface area contributed by atoms with Gasteiger partial charge in [-0.2, -0.15) is 0 Å². The largest absolute Gasteiger partial charge is 0.336 e. The summed E-state index contributed by atoms with van der Waals surface area (Å²) in [6, 6.07) is 9.23. The zero-order valence-electron chi connectivity index (χ0n) is 7.61. The molecule has 1 aromatic rings. The first-order chi connectivity index (χ1) is 6.77. The van der Waals surface area contributed by atoms with E-state index in [9.17, 15) is 4.79 Å². The molecule has 1 aliphatic carbocycles. The number of rotatable bonds is 2. The molecule has 1 N–H and O–H groups in total. The number of benzene rings is 1. The Labute approximate surface area is 87.8 Å². The Morgan fingerprint density at radius 1 is 1.36 bits per heavy atom. The van der Waals surface area contributed by atoms with E-state index in [0.717, 1.165) is 17.3 Å². The summed E-state index contributed by atoms with van der Waals surface area (Å²) in [5, 5.41) is 2.81. The molecule has 1 aromatic carbocycles. The van der Waals surface area contributed by atoms with E-state index in [2.05, 4.69) is 5.32 Å². The molecule has 0 spiro atoms. The van der Waals surface area contributed by atoms with Crippen LogP contribution in [0.2, 0.25) is 0 Å². The summed E-state index contributed by atoms with van der Waals surface area (Å²) in [5.41, 5.74) is 0.687. The van der Waals surface area contributed by atoms with Crippen molar-refractivity contribution in [2.24, 2.45) is 0 Å². The van der Waals surface area contributed by atoms with Crippen molar-refractivity contribution in [3.8, 4) is 0 Å². The third kappa shape index (κ3) is 2.17. The molecule has 0 radical (unpaired) electrons. The van der Waals surface area contributed by atoms with Crippen LogP contribution in [0, 0.1) is 0 Å². The fourth-order valence-corrected chi connectivity index (χ4v) is 1.30. The van der Waals surface area contributed by atoms with Crippen LogP contribution in [-0.2, 0) is 0 Å². The molecular weight excluding hydrogens is 200 g/mol. The highest BCUT2D eigenvalue weighted by Crippen LogP contribution is 2.21. The lowest BCUT2D eigenvalue weighted by molar-refractivity contribution is 0.249. The molecule has 1 aliphatic rings. The van der Waals surface area contributed by atoms with Crippen molar-refractivity contribution >= 4 is 23.5 Å². The Hall–Kier alpha value is -1.22. The molecule has 0 aliphatic heterocycles. The van der Waals surface area contributed by atoms with Crippen molar-refractivity contribution in [2.75, 3.05) is 4.42 Å². The Bertz CT molecular complexity index is 324. The average Bonchev–Trinajstić information content (AvgIpc) is 3.02. The summed E-state index contributed by atoms with van der Waals surface area (Å²) in [6.45, 7) is 0. The molecule has 1 fully saturated rings. The number of nitrogens with zero attached hydrogens (tertiary/aromatic N) is 1. The van der Waals surface area contributed by atoms with Gasteiger partial charge in [-0.15, -0.1) is 0 Å². The maximum atomic E-state index is 11.5. The molecule has 0 heterocycles. The van der Waals surface area contributed by atoms with Crippen molar-refractivity contribution in [3.05, 3.63) is 30.3 Å². The SMILES string of the molecule is O=C(NC1CC1)N(Cl)c1ccccc1. The molecule has 3 nitrogen and oxygen atoms in total. The zero-order valence-corrected chi connectivity index (χ0v) is 8.37. The van der Waals surface area contributed by atoms with Crippen LogP contribution in [0.25, 0.3) is 0 Å². The summed E-state index contributed by atoms with van der Waals surface area (Å²) < 4.78 is 1.11. The summed E-state index contributed by atoms with van der Waals surface area (Å²) in [6.07, 6.45) is 2.12. The number of para-hydroxylation sites is 1. The number of carbonyl (C=O) groups excluding carboxylic acids is 1. The maximum absolute atomic E-state index is 11.5. The fourth-order valence-electron chi connectivity index (χ4n) is 1.14. The van der Waals surface area contributed by atoms with Gasteiger partial charge in [-0.3, -0.25) is 0 Å². The van der Waals surface area contributed by atoms with Gasteiger partial charge in [-0.05, 0) is 25.0 Å². The predicted molar refractivity (Wildman–Crippen MR) is 56.3 cm³/mol. The quantitative estimate of drug-likeness (QED) is 0.748. The number of nitrogens with one attached hydrogen (secondary N) is 1. The maximum Gasteiger partial charge on any atom is 0.336 e. The number of anilines is 1. The smallest absolute Gasteiger partial charge is 0.334 e. The molecule has 1 saturated carbocycles. The van der Waals surface area contributed by atoms with Gasteiger partial charge >= 0.3 is 6.03 Å². The molecule has 0 saturated heterocycles. The molecule has 4 heteroatoms. The second-order valence-electron chi connectivity index (χ2n) is 3.34. The number of hydrogen-bond acceptors (Lipinski definition) is 1. The molecule has 74 valence electrons. The van der Waals surface area contributed by atoms with Gasteiger partial charge in [0, 0.05) is 17.8 Å².